The second-order valence-electron chi connectivity index (χ2n) is 17.7. The molecule has 1 fully saturated rings. The SMILES string of the molecule is C1CCCCCCCCCCCCCCCCCCCCCCCCCCCCCCCCCCCCCCCCCCCCCCCCC1. The van der Waals surface area contributed by atoms with Gasteiger partial charge in [0.2, 0.25) is 0 Å². The summed E-state index contributed by atoms with van der Waals surface area (Å²) in [4.78, 5) is 0. The van der Waals surface area contributed by atoms with Crippen molar-refractivity contribution in [3.05, 3.63) is 0 Å². The van der Waals surface area contributed by atoms with Crippen LogP contribution in [0.15, 0.2) is 0 Å². The van der Waals surface area contributed by atoms with E-state index in [1.807, 2.05) is 0 Å². The van der Waals surface area contributed by atoms with Crippen LogP contribution in [-0.2, 0) is 0 Å². The Hall–Kier alpha value is 0. The third-order valence-corrected chi connectivity index (χ3v) is 12.5. The van der Waals surface area contributed by atoms with Gasteiger partial charge in [0.1, 0.15) is 0 Å². The molecule has 1 saturated carbocycles. The molecule has 1 rings (SSSR count). The Morgan fingerprint density at radius 1 is 0.0400 bits per heavy atom. The van der Waals surface area contributed by atoms with Crippen LogP contribution in [0.5, 0.6) is 0 Å². The molecule has 0 aliphatic heterocycles. The van der Waals surface area contributed by atoms with E-state index in [1.54, 1.807) is 0 Å². The maximum Gasteiger partial charge on any atom is -0.0533 e. The molecule has 0 saturated heterocycles. The fourth-order valence-corrected chi connectivity index (χ4v) is 8.84. The molecule has 0 radical (unpaired) electrons. The zero-order chi connectivity index (χ0) is 35.4. The first-order valence-electron chi connectivity index (χ1n) is 25.0. The molecule has 0 spiro atoms. The Bertz CT molecular complexity index is 282. The molecule has 0 aromatic rings. The van der Waals surface area contributed by atoms with Gasteiger partial charge < -0.3 is 0 Å². The summed E-state index contributed by atoms with van der Waals surface area (Å²) in [6, 6.07) is 0. The molecule has 0 atom stereocenters. The van der Waals surface area contributed by atoms with Gasteiger partial charge in [0.05, 0.1) is 0 Å². The van der Waals surface area contributed by atoms with Crippen LogP contribution in [0.25, 0.3) is 0 Å². The fourth-order valence-electron chi connectivity index (χ4n) is 8.84. The highest BCUT2D eigenvalue weighted by Gasteiger charge is 1.99. The highest BCUT2D eigenvalue weighted by Crippen LogP contribution is 2.19. The molecule has 300 valence electrons. The summed E-state index contributed by atoms with van der Waals surface area (Å²) >= 11 is 0. The minimum absolute atomic E-state index is 1.50. The summed E-state index contributed by atoms with van der Waals surface area (Å²) in [6.07, 6.45) is 75.0. The summed E-state index contributed by atoms with van der Waals surface area (Å²) in [5, 5.41) is 0. The predicted octanol–water partition coefficient (Wildman–Crippen LogP) is 19.5. The zero-order valence-corrected chi connectivity index (χ0v) is 35.4. The first-order valence-corrected chi connectivity index (χ1v) is 25.0. The summed E-state index contributed by atoms with van der Waals surface area (Å²) in [5.41, 5.74) is 0. The molecule has 0 aromatic heterocycles. The average Bonchev–Trinajstić information content (AvgIpc) is 3.13. The smallest absolute Gasteiger partial charge is 0.0533 e. The summed E-state index contributed by atoms with van der Waals surface area (Å²) in [7, 11) is 0. The standard InChI is InChI=1S/C50H100/c1-2-4-6-8-10-12-14-16-18-20-22-24-26-28-30-32-34-36-38-40-42-44-46-48-50-49-47-45-43-41-39-37-35-33-31-29-27-25-23-21-19-17-15-13-11-9-7-5-3-1/h1-50H2. The largest absolute Gasteiger partial charge is 0.0533 e. The van der Waals surface area contributed by atoms with Crippen LogP contribution in [-0.4, -0.2) is 0 Å². The van der Waals surface area contributed by atoms with Crippen LogP contribution >= 0.6 is 0 Å². The van der Waals surface area contributed by atoms with Crippen molar-refractivity contribution in [2.45, 2.75) is 321 Å². The lowest BCUT2D eigenvalue weighted by molar-refractivity contribution is 0.504. The molecule has 0 nitrogen and oxygen atoms in total. The van der Waals surface area contributed by atoms with Crippen LogP contribution in [0, 0.1) is 0 Å². The fraction of sp³-hybridized carbons (Fsp3) is 1.00. The molecule has 50 heavy (non-hydrogen) atoms. The summed E-state index contributed by atoms with van der Waals surface area (Å²) in [5.74, 6) is 0. The molecular formula is C50H100. The van der Waals surface area contributed by atoms with E-state index < -0.39 is 0 Å². The average molecular weight is 701 g/mol. The van der Waals surface area contributed by atoms with Crippen LogP contribution < -0.4 is 0 Å². The van der Waals surface area contributed by atoms with Crippen molar-refractivity contribution in [3.8, 4) is 0 Å². The van der Waals surface area contributed by atoms with E-state index in [-0.39, 0.29) is 0 Å². The molecule has 1 aliphatic rings. The van der Waals surface area contributed by atoms with Crippen LogP contribution in [0.2, 0.25) is 0 Å². The van der Waals surface area contributed by atoms with Gasteiger partial charge in [0.15, 0.2) is 0 Å². The Morgan fingerprint density at radius 3 is 0.0800 bits per heavy atom. The summed E-state index contributed by atoms with van der Waals surface area (Å²) < 4.78 is 0. The molecule has 0 aromatic carbocycles. The van der Waals surface area contributed by atoms with Crippen molar-refractivity contribution in [1.29, 1.82) is 0 Å². The Labute approximate surface area is 320 Å². The molecule has 0 heterocycles. The highest BCUT2D eigenvalue weighted by molar-refractivity contribution is 4.55. The van der Waals surface area contributed by atoms with Gasteiger partial charge in [0.25, 0.3) is 0 Å². The van der Waals surface area contributed by atoms with E-state index in [1.165, 1.54) is 321 Å². The second-order valence-corrected chi connectivity index (χ2v) is 17.7. The molecule has 0 N–H and O–H groups in total. The Kier molecular flexibility index (Phi) is 43.4. The summed E-state index contributed by atoms with van der Waals surface area (Å²) in [6.45, 7) is 0. The van der Waals surface area contributed by atoms with Crippen molar-refractivity contribution < 1.29 is 0 Å². The maximum atomic E-state index is 1.50. The van der Waals surface area contributed by atoms with Crippen molar-refractivity contribution >= 4 is 0 Å². The van der Waals surface area contributed by atoms with Gasteiger partial charge in [0, 0.05) is 0 Å². The van der Waals surface area contributed by atoms with E-state index >= 15 is 0 Å². The van der Waals surface area contributed by atoms with Crippen LogP contribution in [0.3, 0.4) is 0 Å². The number of rotatable bonds is 0. The van der Waals surface area contributed by atoms with Gasteiger partial charge in [-0.2, -0.15) is 0 Å². The van der Waals surface area contributed by atoms with Crippen molar-refractivity contribution in [3.63, 3.8) is 0 Å². The topological polar surface area (TPSA) is 0 Å². The van der Waals surface area contributed by atoms with E-state index in [0.29, 0.717) is 0 Å². The second kappa shape index (κ2) is 45.2. The van der Waals surface area contributed by atoms with Gasteiger partial charge in [-0.15, -0.1) is 0 Å². The van der Waals surface area contributed by atoms with Crippen molar-refractivity contribution in [2.24, 2.45) is 0 Å². The van der Waals surface area contributed by atoms with Gasteiger partial charge >= 0.3 is 0 Å². The highest BCUT2D eigenvalue weighted by atomic mass is 14.1. The predicted molar refractivity (Wildman–Crippen MR) is 231 cm³/mol. The molecule has 0 heteroatoms. The monoisotopic (exact) mass is 701 g/mol. The minimum atomic E-state index is 1.50. The number of hydrogen-bond donors (Lipinski definition) is 0. The Balaban J connectivity index is 2.00. The maximum absolute atomic E-state index is 1.50. The molecule has 0 amide bonds. The first-order chi connectivity index (χ1) is 25.0. The van der Waals surface area contributed by atoms with E-state index in [4.69, 9.17) is 0 Å². The lowest BCUT2D eigenvalue weighted by atomic mass is 10.0. The van der Waals surface area contributed by atoms with Crippen LogP contribution in [0.1, 0.15) is 321 Å². The third kappa shape index (κ3) is 42.4. The Morgan fingerprint density at radius 2 is 0.0600 bits per heavy atom. The quantitative estimate of drug-likeness (QED) is 0.236. The van der Waals surface area contributed by atoms with E-state index in [2.05, 4.69) is 0 Å². The number of hydrogen-bond acceptors (Lipinski definition) is 0. The zero-order valence-electron chi connectivity index (χ0n) is 35.4. The minimum Gasteiger partial charge on any atom is -0.0533 e. The van der Waals surface area contributed by atoms with E-state index in [0.717, 1.165) is 0 Å². The van der Waals surface area contributed by atoms with Crippen molar-refractivity contribution in [1.82, 2.24) is 0 Å². The molecule has 0 unspecified atom stereocenters. The van der Waals surface area contributed by atoms with Gasteiger partial charge in [-0.3, -0.25) is 0 Å². The molecular weight excluding hydrogens is 601 g/mol. The molecule has 1 aliphatic carbocycles. The van der Waals surface area contributed by atoms with Gasteiger partial charge in [-0.1, -0.05) is 321 Å². The lowest BCUT2D eigenvalue weighted by Crippen LogP contribution is -1.85. The van der Waals surface area contributed by atoms with Crippen LogP contribution in [0.4, 0.5) is 0 Å². The third-order valence-electron chi connectivity index (χ3n) is 12.5. The van der Waals surface area contributed by atoms with Gasteiger partial charge in [-0.25, -0.2) is 0 Å². The molecule has 0 bridgehead atoms. The van der Waals surface area contributed by atoms with E-state index in [9.17, 15) is 0 Å². The lowest BCUT2D eigenvalue weighted by Gasteiger charge is -2.05. The normalized spacial score (nSPS) is 24.0. The van der Waals surface area contributed by atoms with Gasteiger partial charge in [-0.05, 0) is 0 Å². The van der Waals surface area contributed by atoms with Crippen molar-refractivity contribution in [2.75, 3.05) is 0 Å². The first kappa shape index (κ1) is 48.0.